The number of fused-ring (bicyclic) bond motifs is 1. The van der Waals surface area contributed by atoms with Crippen molar-refractivity contribution < 1.29 is 17.9 Å². The SMILES string of the molecule is Cc1cc(-c2cc(OC(=O)c3ccccc3)ccc2Cl)cc2nnc(Nc3ccc(S(=O)(=O)NCCN4CCCC4)cc3)nc12. The molecule has 1 aliphatic heterocycles. The van der Waals surface area contributed by atoms with Gasteiger partial charge in [0.1, 0.15) is 11.3 Å². The summed E-state index contributed by atoms with van der Waals surface area (Å²) in [5.74, 6) is 0.168. The summed E-state index contributed by atoms with van der Waals surface area (Å²) >= 11 is 6.55. The predicted molar refractivity (Wildman–Crippen MR) is 175 cm³/mol. The van der Waals surface area contributed by atoms with E-state index in [0.29, 0.717) is 51.7 Å². The van der Waals surface area contributed by atoms with E-state index in [-0.39, 0.29) is 10.8 Å². The smallest absolute Gasteiger partial charge is 0.343 e. The molecular formula is C33H31ClN6O4S. The van der Waals surface area contributed by atoms with Gasteiger partial charge in [-0.25, -0.2) is 22.9 Å². The summed E-state index contributed by atoms with van der Waals surface area (Å²) in [4.78, 5) is 19.7. The van der Waals surface area contributed by atoms with Crippen molar-refractivity contribution in [2.45, 2.75) is 24.7 Å². The van der Waals surface area contributed by atoms with Gasteiger partial charge in [0.25, 0.3) is 0 Å². The summed E-state index contributed by atoms with van der Waals surface area (Å²) in [6.07, 6.45) is 2.33. The van der Waals surface area contributed by atoms with Gasteiger partial charge in [-0.15, -0.1) is 10.2 Å². The maximum absolute atomic E-state index is 12.7. The van der Waals surface area contributed by atoms with Gasteiger partial charge in [-0.1, -0.05) is 29.8 Å². The Morgan fingerprint density at radius 1 is 0.956 bits per heavy atom. The van der Waals surface area contributed by atoms with Crippen LogP contribution in [0.15, 0.2) is 89.8 Å². The first-order valence-electron chi connectivity index (χ1n) is 14.6. The molecule has 12 heteroatoms. The van der Waals surface area contributed by atoms with Crippen LogP contribution in [0.2, 0.25) is 5.02 Å². The van der Waals surface area contributed by atoms with Crippen LogP contribution in [-0.2, 0) is 10.0 Å². The zero-order valence-corrected chi connectivity index (χ0v) is 26.1. The van der Waals surface area contributed by atoms with Crippen molar-refractivity contribution >= 4 is 50.3 Å². The summed E-state index contributed by atoms with van der Waals surface area (Å²) in [6.45, 7) is 5.03. The lowest BCUT2D eigenvalue weighted by molar-refractivity contribution is 0.0735. The summed E-state index contributed by atoms with van der Waals surface area (Å²) in [5.41, 5.74) is 4.54. The second kappa shape index (κ2) is 13.3. The molecule has 0 bridgehead atoms. The van der Waals surface area contributed by atoms with Gasteiger partial charge in [0.15, 0.2) is 0 Å². The highest BCUT2D eigenvalue weighted by Gasteiger charge is 2.17. The van der Waals surface area contributed by atoms with Gasteiger partial charge in [-0.3, -0.25) is 0 Å². The number of nitrogens with zero attached hydrogens (tertiary/aromatic N) is 4. The Kier molecular flexibility index (Phi) is 9.04. The number of esters is 1. The lowest BCUT2D eigenvalue weighted by atomic mass is 10.0. The number of rotatable bonds is 10. The molecule has 45 heavy (non-hydrogen) atoms. The fourth-order valence-electron chi connectivity index (χ4n) is 5.22. The highest BCUT2D eigenvalue weighted by Crippen LogP contribution is 2.34. The van der Waals surface area contributed by atoms with Crippen LogP contribution in [0.25, 0.3) is 22.2 Å². The van der Waals surface area contributed by atoms with Crippen molar-refractivity contribution in [2.24, 2.45) is 0 Å². The van der Waals surface area contributed by atoms with E-state index in [1.54, 1.807) is 66.7 Å². The second-order valence-corrected chi connectivity index (χ2v) is 13.0. The number of aromatic nitrogens is 3. The van der Waals surface area contributed by atoms with Crippen molar-refractivity contribution in [3.63, 3.8) is 0 Å². The number of carbonyl (C=O) groups excluding carboxylic acids is 1. The maximum Gasteiger partial charge on any atom is 0.343 e. The summed E-state index contributed by atoms with van der Waals surface area (Å²) < 4.78 is 33.7. The lowest BCUT2D eigenvalue weighted by Gasteiger charge is -2.15. The summed E-state index contributed by atoms with van der Waals surface area (Å²) in [7, 11) is -3.61. The molecule has 1 aromatic heterocycles. The van der Waals surface area contributed by atoms with Crippen LogP contribution >= 0.6 is 11.6 Å². The number of anilines is 2. The average Bonchev–Trinajstić information content (AvgIpc) is 3.56. The van der Waals surface area contributed by atoms with E-state index in [4.69, 9.17) is 16.3 Å². The number of likely N-dealkylation sites (tertiary alicyclic amines) is 1. The second-order valence-electron chi connectivity index (χ2n) is 10.8. The number of nitrogens with one attached hydrogen (secondary N) is 2. The number of benzene rings is 4. The van der Waals surface area contributed by atoms with Crippen LogP contribution in [0.4, 0.5) is 11.6 Å². The van der Waals surface area contributed by atoms with Gasteiger partial charge in [0, 0.05) is 29.4 Å². The van der Waals surface area contributed by atoms with Crippen LogP contribution in [0, 0.1) is 6.92 Å². The minimum atomic E-state index is -3.61. The number of carbonyl (C=O) groups is 1. The fourth-order valence-corrected chi connectivity index (χ4v) is 6.47. The van der Waals surface area contributed by atoms with Crippen LogP contribution in [-0.4, -0.2) is 60.6 Å². The van der Waals surface area contributed by atoms with E-state index in [2.05, 4.69) is 30.1 Å². The maximum atomic E-state index is 12.7. The molecule has 230 valence electrons. The largest absolute Gasteiger partial charge is 0.423 e. The minimum absolute atomic E-state index is 0.188. The minimum Gasteiger partial charge on any atom is -0.423 e. The Morgan fingerprint density at radius 2 is 1.71 bits per heavy atom. The van der Waals surface area contributed by atoms with Crippen molar-refractivity contribution in [3.8, 4) is 16.9 Å². The number of hydrogen-bond donors (Lipinski definition) is 2. The van der Waals surface area contributed by atoms with Crippen molar-refractivity contribution in [1.29, 1.82) is 0 Å². The van der Waals surface area contributed by atoms with Crippen LogP contribution in [0.3, 0.4) is 0 Å². The topological polar surface area (TPSA) is 126 Å². The number of ether oxygens (including phenoxy) is 1. The molecule has 5 aromatic rings. The van der Waals surface area contributed by atoms with Gasteiger partial charge in [0.05, 0.1) is 16.0 Å². The van der Waals surface area contributed by atoms with E-state index in [0.717, 1.165) is 37.1 Å². The summed E-state index contributed by atoms with van der Waals surface area (Å²) in [6, 6.07) is 24.0. The first-order valence-corrected chi connectivity index (χ1v) is 16.4. The van der Waals surface area contributed by atoms with E-state index in [9.17, 15) is 13.2 Å². The molecule has 6 rings (SSSR count). The Morgan fingerprint density at radius 3 is 2.47 bits per heavy atom. The Hall–Kier alpha value is -4.42. The van der Waals surface area contributed by atoms with E-state index >= 15 is 0 Å². The van der Waals surface area contributed by atoms with Crippen molar-refractivity contribution in [2.75, 3.05) is 31.5 Å². The fraction of sp³-hybridized carbons (Fsp3) is 0.212. The predicted octanol–water partition coefficient (Wildman–Crippen LogP) is 5.99. The molecule has 10 nitrogen and oxygen atoms in total. The van der Waals surface area contributed by atoms with E-state index in [1.165, 1.54) is 0 Å². The molecule has 0 aliphatic carbocycles. The molecule has 0 unspecified atom stereocenters. The number of halogens is 1. The molecule has 2 N–H and O–H groups in total. The Bertz CT molecular complexity index is 1950. The first-order chi connectivity index (χ1) is 21.7. The van der Waals surface area contributed by atoms with Gasteiger partial charge in [-0.05, 0) is 111 Å². The van der Waals surface area contributed by atoms with Crippen molar-refractivity contribution in [3.05, 3.63) is 101 Å². The standard InChI is InChI=1S/C33H31ClN6O4S/c1-22-19-24(28-21-26(11-14-29(28)34)44-32(41)23-7-3-2-4-8-23)20-30-31(22)37-33(39-38-30)36-25-9-12-27(13-10-25)45(42,43)35-15-18-40-16-5-6-17-40/h2-4,7-14,19-21,35H,5-6,15-18H2,1H3,(H,36,37,39). The molecule has 0 spiro atoms. The van der Waals surface area contributed by atoms with E-state index in [1.807, 2.05) is 25.1 Å². The molecule has 0 saturated carbocycles. The highest BCUT2D eigenvalue weighted by molar-refractivity contribution is 7.89. The number of sulfonamides is 1. The third kappa shape index (κ3) is 7.29. The highest BCUT2D eigenvalue weighted by atomic mass is 35.5. The molecule has 0 radical (unpaired) electrons. The Labute approximate surface area is 266 Å². The molecule has 0 amide bonds. The number of hydrogen-bond acceptors (Lipinski definition) is 9. The number of aryl methyl sites for hydroxylation is 1. The first kappa shape index (κ1) is 30.6. The van der Waals surface area contributed by atoms with Crippen LogP contribution in [0.1, 0.15) is 28.8 Å². The van der Waals surface area contributed by atoms with Crippen LogP contribution < -0.4 is 14.8 Å². The molecule has 2 heterocycles. The lowest BCUT2D eigenvalue weighted by Crippen LogP contribution is -2.33. The molecule has 0 atom stereocenters. The van der Waals surface area contributed by atoms with Gasteiger partial charge in [0.2, 0.25) is 16.0 Å². The molecule has 1 saturated heterocycles. The monoisotopic (exact) mass is 642 g/mol. The van der Waals surface area contributed by atoms with E-state index < -0.39 is 16.0 Å². The third-order valence-electron chi connectivity index (χ3n) is 7.56. The molecule has 4 aromatic carbocycles. The Balaban J connectivity index is 1.15. The van der Waals surface area contributed by atoms with Gasteiger partial charge >= 0.3 is 5.97 Å². The zero-order chi connectivity index (χ0) is 31.4. The van der Waals surface area contributed by atoms with Gasteiger partial charge in [-0.2, -0.15) is 0 Å². The molecular weight excluding hydrogens is 612 g/mol. The normalized spacial score (nSPS) is 13.6. The van der Waals surface area contributed by atoms with Crippen LogP contribution in [0.5, 0.6) is 5.75 Å². The quantitative estimate of drug-likeness (QED) is 0.139. The van der Waals surface area contributed by atoms with Gasteiger partial charge < -0.3 is 15.0 Å². The zero-order valence-electron chi connectivity index (χ0n) is 24.5. The third-order valence-corrected chi connectivity index (χ3v) is 9.37. The molecule has 1 fully saturated rings. The average molecular weight is 643 g/mol. The molecule has 1 aliphatic rings. The van der Waals surface area contributed by atoms with Crippen molar-refractivity contribution in [1.82, 2.24) is 24.8 Å². The summed E-state index contributed by atoms with van der Waals surface area (Å²) in [5, 5.41) is 12.2.